The third-order valence-electron chi connectivity index (χ3n) is 2.51. The highest BCUT2D eigenvalue weighted by molar-refractivity contribution is 6.33. The van der Waals surface area contributed by atoms with E-state index in [1.54, 1.807) is 0 Å². The molecule has 0 amide bonds. The maximum Gasteiger partial charge on any atom is 0.0643 e. The van der Waals surface area contributed by atoms with Crippen molar-refractivity contribution >= 4 is 17.3 Å². The van der Waals surface area contributed by atoms with Crippen LogP contribution in [0.15, 0.2) is 30.5 Å². The minimum atomic E-state index is 0.169. The normalized spacial score (nSPS) is 12.2. The number of hydrogen-bond donors (Lipinski definition) is 1. The molecule has 0 aromatic heterocycles. The van der Waals surface area contributed by atoms with Gasteiger partial charge in [-0.15, -0.1) is 0 Å². The predicted molar refractivity (Wildman–Crippen MR) is 74.7 cm³/mol. The fraction of sp³-hybridized carbons (Fsp3) is 0.429. The molecule has 0 aliphatic heterocycles. The van der Waals surface area contributed by atoms with Crippen LogP contribution in [-0.2, 0) is 4.74 Å². The Morgan fingerprint density at radius 2 is 2.24 bits per heavy atom. The monoisotopic (exact) mass is 253 g/mol. The molecule has 0 aliphatic carbocycles. The smallest absolute Gasteiger partial charge is 0.0643 e. The second-order valence-electron chi connectivity index (χ2n) is 4.13. The summed E-state index contributed by atoms with van der Waals surface area (Å²) < 4.78 is 5.48. The first kappa shape index (κ1) is 14.1. The van der Waals surface area contributed by atoms with Gasteiger partial charge in [0, 0.05) is 18.7 Å². The van der Waals surface area contributed by atoms with Crippen molar-refractivity contribution < 1.29 is 4.74 Å². The predicted octanol–water partition coefficient (Wildman–Crippen LogP) is 4.39. The standard InChI is InChI=1S/C14H20ClNO/c1-5-17-12(4)9-11(3)16-14-10(2)7-6-8-13(14)15/h6-8,12,16H,3,5,9H2,1-2,4H3. The van der Waals surface area contributed by atoms with Gasteiger partial charge in [-0.3, -0.25) is 0 Å². The highest BCUT2D eigenvalue weighted by atomic mass is 35.5. The van der Waals surface area contributed by atoms with E-state index in [9.17, 15) is 0 Å². The largest absolute Gasteiger partial charge is 0.378 e. The zero-order valence-electron chi connectivity index (χ0n) is 10.7. The number of anilines is 1. The Balaban J connectivity index is 2.62. The van der Waals surface area contributed by atoms with Crippen molar-refractivity contribution in [3.05, 3.63) is 41.1 Å². The van der Waals surface area contributed by atoms with Crippen LogP contribution in [-0.4, -0.2) is 12.7 Å². The third-order valence-corrected chi connectivity index (χ3v) is 2.82. The van der Waals surface area contributed by atoms with Gasteiger partial charge in [-0.05, 0) is 32.4 Å². The number of aryl methyl sites for hydroxylation is 1. The van der Waals surface area contributed by atoms with Gasteiger partial charge in [0.2, 0.25) is 0 Å². The Kier molecular flexibility index (Phi) is 5.52. The molecule has 0 saturated carbocycles. The lowest BCUT2D eigenvalue weighted by Crippen LogP contribution is -2.12. The average molecular weight is 254 g/mol. The lowest BCUT2D eigenvalue weighted by Gasteiger charge is -2.17. The Morgan fingerprint density at radius 1 is 1.53 bits per heavy atom. The van der Waals surface area contributed by atoms with Crippen molar-refractivity contribution in [1.82, 2.24) is 0 Å². The van der Waals surface area contributed by atoms with Gasteiger partial charge in [-0.25, -0.2) is 0 Å². The van der Waals surface area contributed by atoms with Crippen LogP contribution in [0.3, 0.4) is 0 Å². The Hall–Kier alpha value is -0.990. The average Bonchev–Trinajstić information content (AvgIpc) is 2.24. The maximum absolute atomic E-state index is 6.14. The molecule has 0 spiro atoms. The summed E-state index contributed by atoms with van der Waals surface area (Å²) in [6.45, 7) is 10.8. The molecule has 1 N–H and O–H groups in total. The molecule has 1 atom stereocenters. The molecule has 0 radical (unpaired) electrons. The summed E-state index contributed by atoms with van der Waals surface area (Å²) in [5, 5.41) is 3.98. The second kappa shape index (κ2) is 6.67. The summed E-state index contributed by atoms with van der Waals surface area (Å²) in [4.78, 5) is 0. The summed E-state index contributed by atoms with van der Waals surface area (Å²) in [7, 11) is 0. The summed E-state index contributed by atoms with van der Waals surface area (Å²) in [6.07, 6.45) is 0.946. The van der Waals surface area contributed by atoms with Crippen LogP contribution in [0.5, 0.6) is 0 Å². The van der Waals surface area contributed by atoms with Crippen LogP contribution < -0.4 is 5.32 Å². The van der Waals surface area contributed by atoms with Gasteiger partial charge in [0.05, 0.1) is 16.8 Å². The van der Waals surface area contributed by atoms with E-state index < -0.39 is 0 Å². The van der Waals surface area contributed by atoms with Gasteiger partial charge in [-0.2, -0.15) is 0 Å². The molecule has 0 saturated heterocycles. The highest BCUT2D eigenvalue weighted by Crippen LogP contribution is 2.27. The van der Waals surface area contributed by atoms with E-state index in [1.165, 1.54) is 0 Å². The van der Waals surface area contributed by atoms with E-state index in [2.05, 4.69) is 11.9 Å². The van der Waals surface area contributed by atoms with Gasteiger partial charge >= 0.3 is 0 Å². The van der Waals surface area contributed by atoms with Gasteiger partial charge in [0.1, 0.15) is 0 Å². The number of rotatable bonds is 6. The number of ether oxygens (including phenoxy) is 1. The van der Waals surface area contributed by atoms with E-state index in [1.807, 2.05) is 39.0 Å². The topological polar surface area (TPSA) is 21.3 Å². The van der Waals surface area contributed by atoms with E-state index in [-0.39, 0.29) is 6.10 Å². The van der Waals surface area contributed by atoms with Crippen molar-refractivity contribution in [2.24, 2.45) is 0 Å². The molecule has 94 valence electrons. The van der Waals surface area contributed by atoms with Crippen LogP contribution >= 0.6 is 11.6 Å². The number of hydrogen-bond acceptors (Lipinski definition) is 2. The van der Waals surface area contributed by atoms with Crippen LogP contribution in [0.1, 0.15) is 25.8 Å². The number of nitrogens with one attached hydrogen (secondary N) is 1. The summed E-state index contributed by atoms with van der Waals surface area (Å²) in [5.41, 5.74) is 2.97. The summed E-state index contributed by atoms with van der Waals surface area (Å²) >= 11 is 6.14. The maximum atomic E-state index is 6.14. The number of para-hydroxylation sites is 1. The van der Waals surface area contributed by atoms with Crippen molar-refractivity contribution in [2.45, 2.75) is 33.3 Å². The van der Waals surface area contributed by atoms with Gasteiger partial charge in [0.15, 0.2) is 0 Å². The molecule has 0 bridgehead atoms. The molecule has 2 nitrogen and oxygen atoms in total. The van der Waals surface area contributed by atoms with Crippen molar-refractivity contribution in [1.29, 1.82) is 0 Å². The zero-order valence-corrected chi connectivity index (χ0v) is 11.5. The minimum absolute atomic E-state index is 0.169. The molecule has 17 heavy (non-hydrogen) atoms. The van der Waals surface area contributed by atoms with Gasteiger partial charge in [0.25, 0.3) is 0 Å². The summed E-state index contributed by atoms with van der Waals surface area (Å²) in [6, 6.07) is 5.83. The first-order valence-corrected chi connectivity index (χ1v) is 6.24. The first-order valence-electron chi connectivity index (χ1n) is 5.86. The molecule has 1 rings (SSSR count). The van der Waals surface area contributed by atoms with E-state index in [0.29, 0.717) is 0 Å². The van der Waals surface area contributed by atoms with E-state index >= 15 is 0 Å². The molecule has 0 heterocycles. The molecular formula is C14H20ClNO. The van der Waals surface area contributed by atoms with E-state index in [4.69, 9.17) is 16.3 Å². The van der Waals surface area contributed by atoms with Crippen molar-refractivity contribution in [3.8, 4) is 0 Å². The number of benzene rings is 1. The molecule has 1 aromatic carbocycles. The van der Waals surface area contributed by atoms with Crippen LogP contribution in [0.25, 0.3) is 0 Å². The Bertz CT molecular complexity index is 370. The fourth-order valence-corrected chi connectivity index (χ4v) is 1.98. The van der Waals surface area contributed by atoms with Gasteiger partial charge in [-0.1, -0.05) is 30.3 Å². The molecule has 1 unspecified atom stereocenters. The molecule has 3 heteroatoms. The molecule has 0 aliphatic rings. The Morgan fingerprint density at radius 3 is 2.82 bits per heavy atom. The highest BCUT2D eigenvalue weighted by Gasteiger charge is 2.07. The quantitative estimate of drug-likeness (QED) is 0.812. The number of halogens is 1. The molecular weight excluding hydrogens is 234 g/mol. The van der Waals surface area contributed by atoms with Crippen LogP contribution in [0.4, 0.5) is 5.69 Å². The fourth-order valence-electron chi connectivity index (χ4n) is 1.71. The second-order valence-corrected chi connectivity index (χ2v) is 4.54. The third kappa shape index (κ3) is 4.41. The van der Waals surface area contributed by atoms with Crippen LogP contribution in [0, 0.1) is 6.92 Å². The van der Waals surface area contributed by atoms with E-state index in [0.717, 1.165) is 35.0 Å². The SMILES string of the molecule is C=C(CC(C)OCC)Nc1c(C)cccc1Cl. The summed E-state index contributed by atoms with van der Waals surface area (Å²) in [5.74, 6) is 0. The Labute approximate surface area is 109 Å². The minimum Gasteiger partial charge on any atom is -0.378 e. The van der Waals surface area contributed by atoms with Crippen LogP contribution in [0.2, 0.25) is 5.02 Å². The zero-order chi connectivity index (χ0) is 12.8. The molecule has 1 aromatic rings. The van der Waals surface area contributed by atoms with Crippen molar-refractivity contribution in [2.75, 3.05) is 11.9 Å². The van der Waals surface area contributed by atoms with Gasteiger partial charge < -0.3 is 10.1 Å². The lowest BCUT2D eigenvalue weighted by molar-refractivity contribution is 0.0771. The van der Waals surface area contributed by atoms with Crippen molar-refractivity contribution in [3.63, 3.8) is 0 Å². The lowest BCUT2D eigenvalue weighted by atomic mass is 10.1. The molecule has 0 fully saturated rings. The first-order chi connectivity index (χ1) is 8.04.